The molecule has 2 N–H and O–H groups in total. The Kier molecular flexibility index (Phi) is 6.57. The first-order chi connectivity index (χ1) is 16.2. The standard InChI is InChI=1S/C23H21N5O4S2/c1-15-3-5-17(6-4-15)20-11-12-21(29)28(26-20)16(2)22(30)25-18-7-9-19(10-8-18)34(31,32)27-23-24-13-14-33-23/h3-14,16H,1-2H3,(H,24,27)(H,25,30). The van der Waals surface area contributed by atoms with E-state index in [1.54, 1.807) is 18.4 Å². The molecular weight excluding hydrogens is 474 g/mol. The van der Waals surface area contributed by atoms with Gasteiger partial charge in [0.15, 0.2) is 5.13 Å². The van der Waals surface area contributed by atoms with Crippen molar-refractivity contribution >= 4 is 38.1 Å². The van der Waals surface area contributed by atoms with Crippen LogP contribution in [0, 0.1) is 6.92 Å². The Hall–Kier alpha value is -3.83. The fourth-order valence-corrected chi connectivity index (χ4v) is 4.89. The number of sulfonamides is 1. The van der Waals surface area contributed by atoms with Gasteiger partial charge in [0, 0.05) is 28.9 Å². The number of anilines is 2. The molecule has 0 aliphatic rings. The molecule has 174 valence electrons. The van der Waals surface area contributed by atoms with Crippen LogP contribution < -0.4 is 15.6 Å². The van der Waals surface area contributed by atoms with Gasteiger partial charge in [0.1, 0.15) is 6.04 Å². The molecule has 2 heterocycles. The molecule has 0 saturated heterocycles. The van der Waals surface area contributed by atoms with Crippen LogP contribution in [0.4, 0.5) is 10.8 Å². The number of hydrogen-bond acceptors (Lipinski definition) is 7. The Morgan fingerprint density at radius 3 is 2.38 bits per heavy atom. The predicted molar refractivity (Wildman–Crippen MR) is 131 cm³/mol. The number of nitrogens with one attached hydrogen (secondary N) is 2. The zero-order valence-corrected chi connectivity index (χ0v) is 19.9. The molecule has 0 aliphatic carbocycles. The van der Waals surface area contributed by atoms with Gasteiger partial charge in [0.25, 0.3) is 15.6 Å². The van der Waals surface area contributed by atoms with E-state index in [9.17, 15) is 18.0 Å². The molecule has 9 nitrogen and oxygen atoms in total. The Balaban J connectivity index is 1.49. The minimum atomic E-state index is -3.80. The van der Waals surface area contributed by atoms with Crippen molar-refractivity contribution in [1.82, 2.24) is 14.8 Å². The van der Waals surface area contributed by atoms with E-state index in [-0.39, 0.29) is 10.0 Å². The molecule has 2 aromatic carbocycles. The Morgan fingerprint density at radius 2 is 1.74 bits per heavy atom. The highest BCUT2D eigenvalue weighted by Gasteiger charge is 2.19. The van der Waals surface area contributed by atoms with Crippen molar-refractivity contribution in [2.75, 3.05) is 10.0 Å². The van der Waals surface area contributed by atoms with Crippen molar-refractivity contribution in [3.63, 3.8) is 0 Å². The molecule has 0 spiro atoms. The van der Waals surface area contributed by atoms with Gasteiger partial charge in [-0.15, -0.1) is 11.3 Å². The van der Waals surface area contributed by atoms with Crippen LogP contribution in [-0.2, 0) is 14.8 Å². The summed E-state index contributed by atoms with van der Waals surface area (Å²) in [5.74, 6) is -0.466. The van der Waals surface area contributed by atoms with Gasteiger partial charge >= 0.3 is 0 Å². The number of aromatic nitrogens is 3. The highest BCUT2D eigenvalue weighted by Crippen LogP contribution is 2.21. The summed E-state index contributed by atoms with van der Waals surface area (Å²) in [5, 5.41) is 8.98. The number of amides is 1. The monoisotopic (exact) mass is 495 g/mol. The lowest BCUT2D eigenvalue weighted by atomic mass is 10.1. The third kappa shape index (κ3) is 5.21. The topological polar surface area (TPSA) is 123 Å². The van der Waals surface area contributed by atoms with Crippen molar-refractivity contribution in [1.29, 1.82) is 0 Å². The Bertz CT molecular complexity index is 1460. The van der Waals surface area contributed by atoms with Crippen molar-refractivity contribution < 1.29 is 13.2 Å². The van der Waals surface area contributed by atoms with Crippen molar-refractivity contribution in [3.05, 3.63) is 88.2 Å². The van der Waals surface area contributed by atoms with Gasteiger partial charge in [-0.1, -0.05) is 29.8 Å². The minimum absolute atomic E-state index is 0.0254. The zero-order valence-electron chi connectivity index (χ0n) is 18.3. The van der Waals surface area contributed by atoms with Crippen LogP contribution in [0.5, 0.6) is 0 Å². The first kappa shape index (κ1) is 23.3. The van der Waals surface area contributed by atoms with Gasteiger partial charge in [0.05, 0.1) is 10.6 Å². The molecule has 0 radical (unpaired) electrons. The molecule has 1 unspecified atom stereocenters. The largest absolute Gasteiger partial charge is 0.324 e. The summed E-state index contributed by atoms with van der Waals surface area (Å²) in [5.41, 5.74) is 2.47. The molecule has 34 heavy (non-hydrogen) atoms. The predicted octanol–water partition coefficient (Wildman–Crippen LogP) is 3.68. The van der Waals surface area contributed by atoms with Crippen molar-refractivity contribution in [3.8, 4) is 11.3 Å². The lowest BCUT2D eigenvalue weighted by Crippen LogP contribution is -2.33. The maximum absolute atomic E-state index is 12.8. The summed E-state index contributed by atoms with van der Waals surface area (Å²) in [6.07, 6.45) is 1.50. The minimum Gasteiger partial charge on any atom is -0.324 e. The number of carbonyl (C=O) groups excluding carboxylic acids is 1. The van der Waals surface area contributed by atoms with E-state index < -0.39 is 27.5 Å². The quantitative estimate of drug-likeness (QED) is 0.403. The van der Waals surface area contributed by atoms with Gasteiger partial charge in [-0.05, 0) is 44.2 Å². The summed E-state index contributed by atoms with van der Waals surface area (Å²) in [6, 6.07) is 15.5. The van der Waals surface area contributed by atoms with E-state index in [0.717, 1.165) is 15.8 Å². The smallest absolute Gasteiger partial charge is 0.267 e. The fourth-order valence-electron chi connectivity index (χ4n) is 3.10. The number of aryl methyl sites for hydroxylation is 1. The lowest BCUT2D eigenvalue weighted by Gasteiger charge is -2.15. The Labute approximate surface area is 200 Å². The SMILES string of the molecule is Cc1ccc(-c2ccc(=O)n(C(C)C(=O)Nc3ccc(S(=O)(=O)Nc4nccs4)cc3)n2)cc1. The number of nitrogens with zero attached hydrogens (tertiary/aromatic N) is 3. The fraction of sp³-hybridized carbons (Fsp3) is 0.130. The molecule has 4 aromatic rings. The van der Waals surface area contributed by atoms with Crippen molar-refractivity contribution in [2.45, 2.75) is 24.8 Å². The van der Waals surface area contributed by atoms with Crippen LogP contribution >= 0.6 is 11.3 Å². The molecule has 2 aromatic heterocycles. The van der Waals surface area contributed by atoms with E-state index in [0.29, 0.717) is 11.4 Å². The third-order valence-electron chi connectivity index (χ3n) is 5.00. The zero-order chi connectivity index (χ0) is 24.3. The summed E-state index contributed by atoms with van der Waals surface area (Å²) < 4.78 is 28.4. The molecule has 1 amide bonds. The lowest BCUT2D eigenvalue weighted by molar-refractivity contribution is -0.119. The van der Waals surface area contributed by atoms with Crippen LogP contribution in [0.25, 0.3) is 11.3 Å². The number of rotatable bonds is 7. The molecule has 1 atom stereocenters. The molecule has 0 saturated carbocycles. The maximum atomic E-state index is 12.8. The second kappa shape index (κ2) is 9.57. The van der Waals surface area contributed by atoms with Crippen LogP contribution in [0.2, 0.25) is 0 Å². The summed E-state index contributed by atoms with van der Waals surface area (Å²) in [6.45, 7) is 3.55. The first-order valence-electron chi connectivity index (χ1n) is 10.2. The highest BCUT2D eigenvalue weighted by molar-refractivity contribution is 7.93. The molecule has 0 bridgehead atoms. The molecule has 0 fully saturated rings. The van der Waals surface area contributed by atoms with Crippen molar-refractivity contribution in [2.24, 2.45) is 0 Å². The number of hydrogen-bond donors (Lipinski definition) is 2. The molecule has 4 rings (SSSR count). The normalized spacial score (nSPS) is 12.2. The second-order valence-electron chi connectivity index (χ2n) is 7.50. The van der Waals surface area contributed by atoms with Gasteiger partial charge in [-0.2, -0.15) is 5.10 Å². The van der Waals surface area contributed by atoms with E-state index >= 15 is 0 Å². The second-order valence-corrected chi connectivity index (χ2v) is 10.1. The first-order valence-corrected chi connectivity index (χ1v) is 12.6. The van der Waals surface area contributed by atoms with Crippen LogP contribution in [-0.4, -0.2) is 29.1 Å². The van der Waals surface area contributed by atoms with Gasteiger partial charge < -0.3 is 5.32 Å². The average Bonchev–Trinajstić information content (AvgIpc) is 3.32. The van der Waals surface area contributed by atoms with Crippen LogP contribution in [0.3, 0.4) is 0 Å². The van der Waals surface area contributed by atoms with E-state index in [4.69, 9.17) is 0 Å². The Morgan fingerprint density at radius 1 is 1.03 bits per heavy atom. The van der Waals surface area contributed by atoms with Crippen LogP contribution in [0.1, 0.15) is 18.5 Å². The summed E-state index contributed by atoms with van der Waals surface area (Å²) >= 11 is 1.17. The van der Waals surface area contributed by atoms with E-state index in [2.05, 4.69) is 20.1 Å². The third-order valence-corrected chi connectivity index (χ3v) is 7.18. The van der Waals surface area contributed by atoms with Gasteiger partial charge in [0.2, 0.25) is 5.91 Å². The van der Waals surface area contributed by atoms with Gasteiger partial charge in [-0.25, -0.2) is 18.1 Å². The summed E-state index contributed by atoms with van der Waals surface area (Å²) in [4.78, 5) is 29.1. The molecule has 11 heteroatoms. The van der Waals surface area contributed by atoms with E-state index in [1.165, 1.54) is 47.9 Å². The maximum Gasteiger partial charge on any atom is 0.267 e. The van der Waals surface area contributed by atoms with E-state index in [1.807, 2.05) is 31.2 Å². The molecule has 0 aliphatic heterocycles. The van der Waals surface area contributed by atoms with Crippen LogP contribution in [0.15, 0.2) is 81.9 Å². The number of thiazole rings is 1. The summed E-state index contributed by atoms with van der Waals surface area (Å²) in [7, 11) is -3.80. The molecular formula is C23H21N5O4S2. The number of carbonyl (C=O) groups is 1. The average molecular weight is 496 g/mol. The number of benzene rings is 2. The highest BCUT2D eigenvalue weighted by atomic mass is 32.2. The van der Waals surface area contributed by atoms with Gasteiger partial charge in [-0.3, -0.25) is 14.3 Å².